The Labute approximate surface area is 161 Å². The average molecular weight is 399 g/mol. The summed E-state index contributed by atoms with van der Waals surface area (Å²) in [6.45, 7) is 3.20. The fourth-order valence-electron chi connectivity index (χ4n) is 2.49. The van der Waals surface area contributed by atoms with Crippen molar-refractivity contribution in [3.05, 3.63) is 82.4 Å². The van der Waals surface area contributed by atoms with Gasteiger partial charge >= 0.3 is 0 Å². The lowest BCUT2D eigenvalue weighted by Gasteiger charge is -2.07. The molecule has 10 heteroatoms. The van der Waals surface area contributed by atoms with Gasteiger partial charge in [-0.05, 0) is 37.6 Å². The number of nitro groups is 1. The molecule has 0 atom stereocenters. The smallest absolute Gasteiger partial charge is 0.276 e. The number of nitro benzene ring substituents is 1. The Morgan fingerprint density at radius 1 is 1.21 bits per heavy atom. The zero-order valence-electron chi connectivity index (χ0n) is 15.1. The summed E-state index contributed by atoms with van der Waals surface area (Å²) in [6, 6.07) is 11.0. The van der Waals surface area contributed by atoms with Gasteiger partial charge in [-0.25, -0.2) is 4.98 Å². The molecule has 0 aliphatic rings. The maximum Gasteiger partial charge on any atom is 0.276 e. The summed E-state index contributed by atoms with van der Waals surface area (Å²) in [4.78, 5) is 16.3. The van der Waals surface area contributed by atoms with E-state index >= 15 is 0 Å². The van der Waals surface area contributed by atoms with Crippen LogP contribution in [0.15, 0.2) is 71.2 Å². The van der Waals surface area contributed by atoms with Crippen molar-refractivity contribution in [3.8, 4) is 5.69 Å². The molecule has 0 fully saturated rings. The zero-order valence-corrected chi connectivity index (χ0v) is 15.9. The summed E-state index contributed by atoms with van der Waals surface area (Å²) in [6.07, 6.45) is 5.15. The molecule has 28 heavy (non-hydrogen) atoms. The Bertz CT molecular complexity index is 1140. The van der Waals surface area contributed by atoms with E-state index < -0.39 is 14.9 Å². The van der Waals surface area contributed by atoms with Gasteiger partial charge in [-0.15, -0.1) is 0 Å². The van der Waals surface area contributed by atoms with Crippen molar-refractivity contribution in [2.45, 2.75) is 18.7 Å². The highest BCUT2D eigenvalue weighted by Crippen LogP contribution is 2.22. The van der Waals surface area contributed by atoms with Crippen molar-refractivity contribution < 1.29 is 13.3 Å². The van der Waals surface area contributed by atoms with E-state index in [0.29, 0.717) is 11.3 Å². The number of aryl methyl sites for hydroxylation is 1. The normalized spacial score (nSPS) is 12.0. The summed E-state index contributed by atoms with van der Waals surface area (Å²) in [5, 5.41) is 14.9. The molecule has 9 nitrogen and oxygen atoms in total. The fraction of sp³-hybridized carbons (Fsp3) is 0.111. The van der Waals surface area contributed by atoms with Gasteiger partial charge < -0.3 is 4.57 Å². The number of hydrogen-bond acceptors (Lipinski definition) is 6. The Hall–Kier alpha value is -3.53. The molecule has 0 unspecified atom stereocenters. The summed E-state index contributed by atoms with van der Waals surface area (Å²) < 4.78 is 26.7. The molecule has 0 aliphatic heterocycles. The average Bonchev–Trinajstić information content (AvgIpc) is 3.21. The lowest BCUT2D eigenvalue weighted by Crippen LogP contribution is -2.20. The van der Waals surface area contributed by atoms with E-state index in [-0.39, 0.29) is 10.6 Å². The molecule has 0 bridgehead atoms. The number of hydrogen-bond donors (Lipinski definition) is 1. The van der Waals surface area contributed by atoms with Crippen LogP contribution in [0.4, 0.5) is 5.69 Å². The van der Waals surface area contributed by atoms with Crippen LogP contribution in [0, 0.1) is 17.0 Å². The van der Waals surface area contributed by atoms with Gasteiger partial charge in [-0.1, -0.05) is 18.2 Å². The van der Waals surface area contributed by atoms with Gasteiger partial charge in [0, 0.05) is 29.7 Å². The summed E-state index contributed by atoms with van der Waals surface area (Å²) >= 11 is 0. The van der Waals surface area contributed by atoms with Crippen molar-refractivity contribution in [1.82, 2.24) is 14.4 Å². The monoisotopic (exact) mass is 399 g/mol. The molecule has 0 saturated carbocycles. The first-order valence-electron chi connectivity index (χ1n) is 8.18. The first-order valence-corrected chi connectivity index (χ1v) is 9.66. The number of benzene rings is 2. The molecule has 0 amide bonds. The standard InChI is InChI=1S/C18H17N5O4S/c1-13-3-8-17(11-18(13)23(24)25)28(26,27)21-20-14(2)15-4-6-16(7-5-15)22-10-9-19-12-22/h3-12,21H,1-2H3/b20-14+. The fourth-order valence-corrected chi connectivity index (χ4v) is 3.36. The van der Waals surface area contributed by atoms with Gasteiger partial charge in [0.25, 0.3) is 15.7 Å². The van der Waals surface area contributed by atoms with Crippen LogP contribution in [0.1, 0.15) is 18.1 Å². The van der Waals surface area contributed by atoms with E-state index in [9.17, 15) is 18.5 Å². The number of sulfonamides is 1. The molecule has 3 aromatic rings. The van der Waals surface area contributed by atoms with Crippen LogP contribution in [-0.4, -0.2) is 28.6 Å². The quantitative estimate of drug-likeness (QED) is 0.388. The third-order valence-corrected chi connectivity index (χ3v) is 5.31. The van der Waals surface area contributed by atoms with Crippen LogP contribution in [-0.2, 0) is 10.0 Å². The summed E-state index contributed by atoms with van der Waals surface area (Å²) in [5.74, 6) is 0. The number of nitrogens with one attached hydrogen (secondary N) is 1. The third kappa shape index (κ3) is 4.07. The topological polar surface area (TPSA) is 119 Å². The van der Waals surface area contributed by atoms with Crippen molar-refractivity contribution in [2.24, 2.45) is 5.10 Å². The van der Waals surface area contributed by atoms with Gasteiger partial charge in [0.1, 0.15) is 0 Å². The Balaban J connectivity index is 1.80. The number of nitrogens with zero attached hydrogens (tertiary/aromatic N) is 4. The molecule has 3 rings (SSSR count). The van der Waals surface area contributed by atoms with Crippen LogP contribution < -0.4 is 4.83 Å². The van der Waals surface area contributed by atoms with Crippen LogP contribution in [0.25, 0.3) is 5.69 Å². The second-order valence-electron chi connectivity index (χ2n) is 6.01. The number of aromatic nitrogens is 2. The highest BCUT2D eigenvalue weighted by atomic mass is 32.2. The first-order chi connectivity index (χ1) is 13.3. The van der Waals surface area contributed by atoms with Crippen molar-refractivity contribution in [3.63, 3.8) is 0 Å². The second-order valence-corrected chi connectivity index (χ2v) is 7.68. The molecule has 0 radical (unpaired) electrons. The van der Waals surface area contributed by atoms with Gasteiger partial charge in [0.05, 0.1) is 21.9 Å². The molecular weight excluding hydrogens is 382 g/mol. The number of rotatable bonds is 6. The van der Waals surface area contributed by atoms with Crippen molar-refractivity contribution >= 4 is 21.4 Å². The Morgan fingerprint density at radius 3 is 2.54 bits per heavy atom. The summed E-state index contributed by atoms with van der Waals surface area (Å²) in [5.41, 5.74) is 2.19. The highest BCUT2D eigenvalue weighted by Gasteiger charge is 2.19. The van der Waals surface area contributed by atoms with Gasteiger partial charge in [-0.2, -0.15) is 18.4 Å². The second kappa shape index (κ2) is 7.61. The van der Waals surface area contributed by atoms with E-state index in [1.807, 2.05) is 22.9 Å². The minimum absolute atomic E-state index is 0.225. The molecule has 0 aliphatic carbocycles. The molecule has 144 valence electrons. The van der Waals surface area contributed by atoms with E-state index in [2.05, 4.69) is 14.9 Å². The van der Waals surface area contributed by atoms with Crippen LogP contribution in [0.2, 0.25) is 0 Å². The third-order valence-electron chi connectivity index (χ3n) is 4.11. The summed E-state index contributed by atoms with van der Waals surface area (Å²) in [7, 11) is -4.03. The molecular formula is C18H17N5O4S. The predicted molar refractivity (Wildman–Crippen MR) is 104 cm³/mol. The van der Waals surface area contributed by atoms with E-state index in [1.165, 1.54) is 19.1 Å². The largest absolute Gasteiger partial charge is 0.306 e. The van der Waals surface area contributed by atoms with Crippen molar-refractivity contribution in [2.75, 3.05) is 0 Å². The van der Waals surface area contributed by atoms with Gasteiger partial charge in [-0.3, -0.25) is 10.1 Å². The zero-order chi connectivity index (χ0) is 20.3. The molecule has 1 heterocycles. The highest BCUT2D eigenvalue weighted by molar-refractivity contribution is 7.89. The van der Waals surface area contributed by atoms with Crippen LogP contribution >= 0.6 is 0 Å². The maximum absolute atomic E-state index is 12.4. The van der Waals surface area contributed by atoms with E-state index in [4.69, 9.17) is 0 Å². The van der Waals surface area contributed by atoms with Crippen LogP contribution in [0.5, 0.6) is 0 Å². The minimum Gasteiger partial charge on any atom is -0.306 e. The van der Waals surface area contributed by atoms with Crippen LogP contribution in [0.3, 0.4) is 0 Å². The molecule has 1 N–H and O–H groups in total. The van der Waals surface area contributed by atoms with Gasteiger partial charge in [0.15, 0.2) is 0 Å². The molecule has 0 saturated heterocycles. The molecule has 0 spiro atoms. The molecule has 2 aromatic carbocycles. The van der Waals surface area contributed by atoms with E-state index in [0.717, 1.165) is 17.3 Å². The van der Waals surface area contributed by atoms with Crippen molar-refractivity contribution in [1.29, 1.82) is 0 Å². The Morgan fingerprint density at radius 2 is 1.93 bits per heavy atom. The SMILES string of the molecule is C/C(=N\NS(=O)(=O)c1ccc(C)c([N+](=O)[O-])c1)c1ccc(-n2ccnc2)cc1. The molecule has 1 aromatic heterocycles. The Kier molecular flexibility index (Phi) is 5.23. The maximum atomic E-state index is 12.4. The van der Waals surface area contributed by atoms with Gasteiger partial charge in [0.2, 0.25) is 0 Å². The van der Waals surface area contributed by atoms with E-state index in [1.54, 1.807) is 31.6 Å². The predicted octanol–water partition coefficient (Wildman–Crippen LogP) is 2.79. The number of imidazole rings is 1. The first kappa shape index (κ1) is 19.2. The number of hydrazone groups is 1. The minimum atomic E-state index is -4.03. The lowest BCUT2D eigenvalue weighted by atomic mass is 10.1. The lowest BCUT2D eigenvalue weighted by molar-refractivity contribution is -0.385.